The van der Waals surface area contributed by atoms with E-state index in [2.05, 4.69) is 10.6 Å². The molecule has 0 aliphatic heterocycles. The largest absolute Gasteiger partial charge is 0.480 e. The number of aryl methyl sites for hydroxylation is 1. The smallest absolute Gasteiger partial charge is 0.326 e. The molecule has 0 bridgehead atoms. The van der Waals surface area contributed by atoms with E-state index >= 15 is 0 Å². The van der Waals surface area contributed by atoms with Crippen LogP contribution in [0.5, 0.6) is 0 Å². The first-order valence-electron chi connectivity index (χ1n) is 5.91. The second-order valence-electron chi connectivity index (χ2n) is 4.19. The van der Waals surface area contributed by atoms with Crippen molar-refractivity contribution in [3.05, 3.63) is 23.7 Å². The number of hydrogen-bond acceptors (Lipinski definition) is 4. The normalized spacial score (nSPS) is 13.6. The lowest BCUT2D eigenvalue weighted by molar-refractivity contribution is -0.139. The number of carbonyl (C=O) groups excluding carboxylic acids is 1. The Morgan fingerprint density at radius 3 is 2.53 bits per heavy atom. The number of furan rings is 1. The molecule has 0 aliphatic carbocycles. The van der Waals surface area contributed by atoms with E-state index in [4.69, 9.17) is 14.6 Å². The van der Waals surface area contributed by atoms with Crippen LogP contribution in [0.3, 0.4) is 0 Å². The van der Waals surface area contributed by atoms with E-state index in [0.717, 1.165) is 5.76 Å². The highest BCUT2D eigenvalue weighted by molar-refractivity contribution is 5.82. The van der Waals surface area contributed by atoms with Crippen molar-refractivity contribution in [3.63, 3.8) is 0 Å². The Labute approximate surface area is 110 Å². The van der Waals surface area contributed by atoms with Crippen molar-refractivity contribution >= 4 is 12.0 Å². The van der Waals surface area contributed by atoms with Gasteiger partial charge in [0.15, 0.2) is 0 Å². The molecule has 0 aliphatic rings. The maximum Gasteiger partial charge on any atom is 0.326 e. The first kappa shape index (κ1) is 15.0. The van der Waals surface area contributed by atoms with Crippen LogP contribution in [0.4, 0.5) is 4.79 Å². The van der Waals surface area contributed by atoms with Gasteiger partial charge < -0.3 is 25.3 Å². The minimum Gasteiger partial charge on any atom is -0.480 e. The first-order valence-corrected chi connectivity index (χ1v) is 5.91. The van der Waals surface area contributed by atoms with Gasteiger partial charge in [-0.05, 0) is 26.0 Å². The fourth-order valence-corrected chi connectivity index (χ4v) is 1.54. The Morgan fingerprint density at radius 1 is 1.37 bits per heavy atom. The third kappa shape index (κ3) is 4.63. The van der Waals surface area contributed by atoms with Crippen LogP contribution >= 0.6 is 0 Å². The maximum atomic E-state index is 11.6. The van der Waals surface area contributed by atoms with E-state index in [1.54, 1.807) is 26.0 Å². The summed E-state index contributed by atoms with van der Waals surface area (Å²) in [5.74, 6) is 0.125. The van der Waals surface area contributed by atoms with Crippen LogP contribution in [0.2, 0.25) is 0 Å². The molecule has 0 spiro atoms. The minimum atomic E-state index is -1.19. The van der Waals surface area contributed by atoms with Crippen LogP contribution in [0, 0.1) is 6.92 Å². The number of rotatable bonds is 6. The second-order valence-corrected chi connectivity index (χ2v) is 4.19. The predicted octanol–water partition coefficient (Wildman–Crippen LogP) is 0.784. The molecule has 1 aromatic heterocycles. The number of carboxylic acids is 1. The molecule has 2 amide bonds. The summed E-state index contributed by atoms with van der Waals surface area (Å²) in [4.78, 5) is 22.4. The van der Waals surface area contributed by atoms with Gasteiger partial charge in [0.1, 0.15) is 17.6 Å². The van der Waals surface area contributed by atoms with Gasteiger partial charge in [0, 0.05) is 13.0 Å². The highest BCUT2D eigenvalue weighted by Crippen LogP contribution is 2.15. The number of aliphatic hydroxyl groups excluding tert-OH is 1. The van der Waals surface area contributed by atoms with Gasteiger partial charge in [-0.15, -0.1) is 0 Å². The van der Waals surface area contributed by atoms with Crippen molar-refractivity contribution in [2.24, 2.45) is 0 Å². The SMILES string of the molecule is Cc1ccc(C(C)NC(=O)NC(CCO)C(=O)O)o1. The molecule has 1 rings (SSSR count). The lowest BCUT2D eigenvalue weighted by Crippen LogP contribution is -2.46. The lowest BCUT2D eigenvalue weighted by Gasteiger charge is -2.16. The van der Waals surface area contributed by atoms with E-state index in [1.807, 2.05) is 0 Å². The summed E-state index contributed by atoms with van der Waals surface area (Å²) in [7, 11) is 0. The van der Waals surface area contributed by atoms with Crippen molar-refractivity contribution in [1.29, 1.82) is 0 Å². The van der Waals surface area contributed by atoms with E-state index in [-0.39, 0.29) is 19.1 Å². The van der Waals surface area contributed by atoms with E-state index in [1.165, 1.54) is 0 Å². The van der Waals surface area contributed by atoms with Crippen LogP contribution in [-0.2, 0) is 4.79 Å². The van der Waals surface area contributed by atoms with Crippen LogP contribution in [0.15, 0.2) is 16.5 Å². The molecule has 2 atom stereocenters. The zero-order chi connectivity index (χ0) is 14.4. The summed E-state index contributed by atoms with van der Waals surface area (Å²) in [5.41, 5.74) is 0. The molecule has 2 unspecified atom stereocenters. The molecular formula is C12H18N2O5. The number of aliphatic hydroxyl groups is 1. The van der Waals surface area contributed by atoms with Crippen molar-refractivity contribution in [2.75, 3.05) is 6.61 Å². The van der Waals surface area contributed by atoms with Crippen molar-refractivity contribution < 1.29 is 24.2 Å². The van der Waals surface area contributed by atoms with E-state index < -0.39 is 18.0 Å². The third-order valence-corrected chi connectivity index (χ3v) is 2.56. The maximum absolute atomic E-state index is 11.6. The molecule has 0 radical (unpaired) electrons. The number of carboxylic acid groups (broad SMARTS) is 1. The summed E-state index contributed by atoms with van der Waals surface area (Å²) in [6.45, 7) is 3.20. The average molecular weight is 270 g/mol. The number of nitrogens with one attached hydrogen (secondary N) is 2. The summed E-state index contributed by atoms with van der Waals surface area (Å²) in [6.07, 6.45) is -0.0446. The van der Waals surface area contributed by atoms with E-state index in [0.29, 0.717) is 5.76 Å². The molecular weight excluding hydrogens is 252 g/mol. The lowest BCUT2D eigenvalue weighted by atomic mass is 10.2. The van der Waals surface area contributed by atoms with Gasteiger partial charge in [0.05, 0.1) is 6.04 Å². The van der Waals surface area contributed by atoms with Crippen molar-refractivity contribution in [3.8, 4) is 0 Å². The number of amides is 2. The fourth-order valence-electron chi connectivity index (χ4n) is 1.54. The van der Waals surface area contributed by atoms with Crippen LogP contribution in [0.25, 0.3) is 0 Å². The Hall–Kier alpha value is -2.02. The summed E-state index contributed by atoms with van der Waals surface area (Å²) < 4.78 is 5.35. The molecule has 0 saturated carbocycles. The average Bonchev–Trinajstić information content (AvgIpc) is 2.75. The summed E-state index contributed by atoms with van der Waals surface area (Å²) in [6, 6.07) is 1.40. The molecule has 1 aromatic rings. The Bertz CT molecular complexity index is 443. The molecule has 7 nitrogen and oxygen atoms in total. The number of carbonyl (C=O) groups is 2. The van der Waals surface area contributed by atoms with Gasteiger partial charge in [0.25, 0.3) is 0 Å². The molecule has 1 heterocycles. The number of urea groups is 1. The van der Waals surface area contributed by atoms with Crippen LogP contribution in [-0.4, -0.2) is 34.9 Å². The van der Waals surface area contributed by atoms with Gasteiger partial charge in [-0.3, -0.25) is 0 Å². The first-order chi connectivity index (χ1) is 8.93. The minimum absolute atomic E-state index is 0.0446. The summed E-state index contributed by atoms with van der Waals surface area (Å²) >= 11 is 0. The molecule has 4 N–H and O–H groups in total. The molecule has 106 valence electrons. The molecule has 19 heavy (non-hydrogen) atoms. The second kappa shape index (κ2) is 6.79. The highest BCUT2D eigenvalue weighted by Gasteiger charge is 2.20. The van der Waals surface area contributed by atoms with Gasteiger partial charge in [-0.25, -0.2) is 9.59 Å². The molecule has 0 aromatic carbocycles. The van der Waals surface area contributed by atoms with Gasteiger partial charge in [0.2, 0.25) is 0 Å². The summed E-state index contributed by atoms with van der Waals surface area (Å²) in [5, 5.41) is 22.4. The van der Waals surface area contributed by atoms with Gasteiger partial charge >= 0.3 is 12.0 Å². The third-order valence-electron chi connectivity index (χ3n) is 2.56. The van der Waals surface area contributed by atoms with E-state index in [9.17, 15) is 9.59 Å². The molecule has 0 saturated heterocycles. The quantitative estimate of drug-likeness (QED) is 0.610. The zero-order valence-electron chi connectivity index (χ0n) is 10.8. The van der Waals surface area contributed by atoms with Crippen LogP contribution in [0.1, 0.15) is 30.9 Å². The molecule has 0 fully saturated rings. The standard InChI is InChI=1S/C12H18N2O5/c1-7-3-4-10(19-7)8(2)13-12(18)14-9(5-6-15)11(16)17/h3-4,8-9,15H,5-6H2,1-2H3,(H,16,17)(H2,13,14,18). The Kier molecular flexibility index (Phi) is 5.37. The number of aliphatic carboxylic acids is 1. The fraction of sp³-hybridized carbons (Fsp3) is 0.500. The topological polar surface area (TPSA) is 112 Å². The highest BCUT2D eigenvalue weighted by atomic mass is 16.4. The van der Waals surface area contributed by atoms with Gasteiger partial charge in [-0.2, -0.15) is 0 Å². The number of hydrogen-bond donors (Lipinski definition) is 4. The zero-order valence-corrected chi connectivity index (χ0v) is 10.8. The predicted molar refractivity (Wildman–Crippen MR) is 66.7 cm³/mol. The van der Waals surface area contributed by atoms with Crippen molar-refractivity contribution in [2.45, 2.75) is 32.4 Å². The van der Waals surface area contributed by atoms with Crippen LogP contribution < -0.4 is 10.6 Å². The Balaban J connectivity index is 2.52. The monoisotopic (exact) mass is 270 g/mol. The van der Waals surface area contributed by atoms with Gasteiger partial charge in [-0.1, -0.05) is 0 Å². The molecule has 7 heteroatoms. The Morgan fingerprint density at radius 2 is 2.05 bits per heavy atom. The van der Waals surface area contributed by atoms with Crippen molar-refractivity contribution in [1.82, 2.24) is 10.6 Å².